The van der Waals surface area contributed by atoms with Crippen LogP contribution >= 0.6 is 7.82 Å². The van der Waals surface area contributed by atoms with Gasteiger partial charge in [-0.25, -0.2) is 4.57 Å². The maximum Gasteiger partial charge on any atom is 0.472 e. The highest BCUT2D eigenvalue weighted by atomic mass is 31.2. The molecule has 0 saturated heterocycles. The summed E-state index contributed by atoms with van der Waals surface area (Å²) < 4.78 is 32.5. The molecule has 0 heterocycles. The number of aliphatic hydroxyl groups excluding tert-OH is 3. The van der Waals surface area contributed by atoms with Crippen molar-refractivity contribution in [1.82, 2.24) is 0 Å². The quantitative estimate of drug-likeness (QED) is 0.0161. The number of aliphatic hydroxyl groups is 3. The molecular weight excluding hydrogens is 675 g/mol. The maximum atomic E-state index is 12.5. The van der Waals surface area contributed by atoms with Gasteiger partial charge in [-0.15, -0.1) is 0 Å². The number of rotatable bonds is 35. The van der Waals surface area contributed by atoms with Crippen molar-refractivity contribution in [3.63, 3.8) is 0 Å². The van der Waals surface area contributed by atoms with Crippen LogP contribution in [0.3, 0.4) is 0 Å². The number of unbranched alkanes of at least 4 members (excludes halogenated alkanes) is 12. The first-order valence-corrected chi connectivity index (χ1v) is 20.9. The van der Waals surface area contributed by atoms with Crippen molar-refractivity contribution in [1.29, 1.82) is 0 Å². The van der Waals surface area contributed by atoms with Crippen molar-refractivity contribution in [3.05, 3.63) is 36.5 Å². The molecule has 0 amide bonds. The van der Waals surface area contributed by atoms with Gasteiger partial charge >= 0.3 is 19.8 Å². The van der Waals surface area contributed by atoms with Gasteiger partial charge in [0.05, 0.1) is 25.9 Å². The number of ether oxygens (including phenoxy) is 2. The van der Waals surface area contributed by atoms with E-state index in [4.69, 9.17) is 19.1 Å². The smallest absolute Gasteiger partial charge is 0.462 e. The fourth-order valence-electron chi connectivity index (χ4n) is 5.07. The number of esters is 2. The summed E-state index contributed by atoms with van der Waals surface area (Å²) in [6.07, 6.45) is 27.2. The van der Waals surface area contributed by atoms with Crippen LogP contribution in [0.25, 0.3) is 0 Å². The van der Waals surface area contributed by atoms with E-state index in [1.165, 1.54) is 38.5 Å². The standard InChI is InChI=1S/C39H71O11P/c1-4-5-6-7-11-16-21-26-35(41)27-22-17-14-19-23-28-38(43)47-32-37(33-49-51(45,46)48-31-36(42)30-40)50-39(44)29-24-18-13-10-8-9-12-15-20-25-34(2)3/h5-6,11,16,21,26,34-37,40-42H,4,7-10,12-15,17-20,22-25,27-33H2,1-3H3,(H,45,46)/b6-5+,16-11+,26-21+/t35?,36-,37+/m0/s1. The van der Waals surface area contributed by atoms with Crippen LogP contribution < -0.4 is 0 Å². The number of hydrogen-bond donors (Lipinski definition) is 4. The summed E-state index contributed by atoms with van der Waals surface area (Å²) in [6, 6.07) is 0. The second-order valence-electron chi connectivity index (χ2n) is 13.6. The van der Waals surface area contributed by atoms with Gasteiger partial charge in [0, 0.05) is 12.8 Å². The summed E-state index contributed by atoms with van der Waals surface area (Å²) in [5.41, 5.74) is 0. The SMILES string of the molecule is CC/C=C/C/C=C/C=C/C(O)CCCCCCCC(=O)OC[C@H](COP(=O)(O)OC[C@@H](O)CO)OC(=O)CCCCCCCCCCCC(C)C. The van der Waals surface area contributed by atoms with Crippen LogP contribution in [0.5, 0.6) is 0 Å². The van der Waals surface area contributed by atoms with E-state index in [9.17, 15) is 29.3 Å². The second-order valence-corrected chi connectivity index (χ2v) is 15.1. The number of carbonyl (C=O) groups excluding carboxylic acids is 2. The number of allylic oxidation sites excluding steroid dienone is 5. The topological polar surface area (TPSA) is 169 Å². The third-order valence-electron chi connectivity index (χ3n) is 8.09. The Balaban J connectivity index is 4.44. The Morgan fingerprint density at radius 2 is 1.24 bits per heavy atom. The molecule has 0 fully saturated rings. The Bertz CT molecular complexity index is 982. The minimum absolute atomic E-state index is 0.164. The summed E-state index contributed by atoms with van der Waals surface area (Å²) in [7, 11) is -4.63. The zero-order valence-corrected chi connectivity index (χ0v) is 32.7. The summed E-state index contributed by atoms with van der Waals surface area (Å²) in [5, 5.41) is 28.4. The summed E-state index contributed by atoms with van der Waals surface area (Å²) in [4.78, 5) is 34.8. The zero-order chi connectivity index (χ0) is 38.0. The average molecular weight is 747 g/mol. The molecule has 0 bridgehead atoms. The molecule has 0 aromatic heterocycles. The Kier molecular flexibility index (Phi) is 32.7. The van der Waals surface area contributed by atoms with E-state index in [-0.39, 0.29) is 19.4 Å². The first-order chi connectivity index (χ1) is 24.5. The van der Waals surface area contributed by atoms with Crippen LogP contribution in [0.2, 0.25) is 0 Å². The lowest BCUT2D eigenvalue weighted by Gasteiger charge is -2.20. The third-order valence-corrected chi connectivity index (χ3v) is 9.04. The van der Waals surface area contributed by atoms with Gasteiger partial charge in [0.1, 0.15) is 12.7 Å². The zero-order valence-electron chi connectivity index (χ0n) is 31.8. The van der Waals surface area contributed by atoms with Crippen LogP contribution in [-0.2, 0) is 32.7 Å². The van der Waals surface area contributed by atoms with Gasteiger partial charge in [-0.1, -0.05) is 141 Å². The monoisotopic (exact) mass is 746 g/mol. The molecule has 0 aromatic carbocycles. The Labute approximate surface area is 308 Å². The fraction of sp³-hybridized carbons (Fsp3) is 0.795. The minimum Gasteiger partial charge on any atom is -0.462 e. The van der Waals surface area contributed by atoms with Gasteiger partial charge in [-0.2, -0.15) is 0 Å². The third kappa shape index (κ3) is 35.0. The molecule has 0 rings (SSSR count). The molecule has 0 aromatic rings. The highest BCUT2D eigenvalue weighted by molar-refractivity contribution is 7.47. The maximum absolute atomic E-state index is 12.5. The predicted molar refractivity (Wildman–Crippen MR) is 202 cm³/mol. The summed E-state index contributed by atoms with van der Waals surface area (Å²) >= 11 is 0. The predicted octanol–water partition coefficient (Wildman–Crippen LogP) is 8.44. The largest absolute Gasteiger partial charge is 0.472 e. The lowest BCUT2D eigenvalue weighted by Crippen LogP contribution is -2.29. The van der Waals surface area contributed by atoms with Crippen LogP contribution in [-0.4, -0.2) is 76.9 Å². The highest BCUT2D eigenvalue weighted by Crippen LogP contribution is 2.43. The summed E-state index contributed by atoms with van der Waals surface area (Å²) in [5.74, 6) is -0.240. The number of phosphoric acid groups is 1. The second kappa shape index (κ2) is 34.0. The van der Waals surface area contributed by atoms with Crippen LogP contribution in [0.15, 0.2) is 36.5 Å². The van der Waals surface area contributed by atoms with E-state index in [0.717, 1.165) is 63.7 Å². The van der Waals surface area contributed by atoms with Crippen molar-refractivity contribution >= 4 is 19.8 Å². The van der Waals surface area contributed by atoms with Crippen molar-refractivity contribution in [2.45, 2.75) is 167 Å². The molecule has 4 N–H and O–H groups in total. The van der Waals surface area contributed by atoms with Gasteiger partial charge in [0.2, 0.25) is 0 Å². The molecule has 12 heteroatoms. The number of phosphoric ester groups is 1. The van der Waals surface area contributed by atoms with E-state index in [1.54, 1.807) is 6.08 Å². The van der Waals surface area contributed by atoms with Crippen LogP contribution in [0.4, 0.5) is 0 Å². The molecule has 2 unspecified atom stereocenters. The van der Waals surface area contributed by atoms with Gasteiger partial charge in [-0.05, 0) is 38.0 Å². The molecule has 298 valence electrons. The van der Waals surface area contributed by atoms with Crippen LogP contribution in [0, 0.1) is 5.92 Å². The fourth-order valence-corrected chi connectivity index (χ4v) is 5.86. The molecular formula is C39H71O11P. The Morgan fingerprint density at radius 1 is 0.686 bits per heavy atom. The Morgan fingerprint density at radius 3 is 1.82 bits per heavy atom. The molecule has 11 nitrogen and oxygen atoms in total. The van der Waals surface area contributed by atoms with Crippen molar-refractivity contribution in [2.24, 2.45) is 5.92 Å². The van der Waals surface area contributed by atoms with Gasteiger partial charge in [0.25, 0.3) is 0 Å². The normalized spacial score (nSPS) is 15.1. The first kappa shape index (κ1) is 49.1. The number of hydrogen-bond acceptors (Lipinski definition) is 10. The lowest BCUT2D eigenvalue weighted by molar-refractivity contribution is -0.161. The Hall–Kier alpha value is -1.85. The average Bonchev–Trinajstić information content (AvgIpc) is 3.09. The van der Waals surface area contributed by atoms with E-state index < -0.39 is 57.9 Å². The molecule has 0 saturated carbocycles. The van der Waals surface area contributed by atoms with E-state index in [1.807, 2.05) is 18.2 Å². The highest BCUT2D eigenvalue weighted by Gasteiger charge is 2.27. The van der Waals surface area contributed by atoms with E-state index in [2.05, 4.69) is 37.4 Å². The van der Waals surface area contributed by atoms with Crippen molar-refractivity contribution < 1.29 is 52.9 Å². The van der Waals surface area contributed by atoms with Gasteiger partial charge in [-0.3, -0.25) is 18.6 Å². The molecule has 51 heavy (non-hydrogen) atoms. The molecule has 0 radical (unpaired) electrons. The molecule has 4 atom stereocenters. The number of carbonyl (C=O) groups is 2. The molecule has 0 aliphatic heterocycles. The van der Waals surface area contributed by atoms with Crippen molar-refractivity contribution in [3.8, 4) is 0 Å². The van der Waals surface area contributed by atoms with E-state index >= 15 is 0 Å². The van der Waals surface area contributed by atoms with Crippen LogP contribution in [0.1, 0.15) is 149 Å². The van der Waals surface area contributed by atoms with E-state index in [0.29, 0.717) is 19.3 Å². The summed E-state index contributed by atoms with van der Waals surface area (Å²) in [6.45, 7) is 4.40. The van der Waals surface area contributed by atoms with Gasteiger partial charge in [0.15, 0.2) is 6.10 Å². The minimum atomic E-state index is -4.63. The van der Waals surface area contributed by atoms with Gasteiger partial charge < -0.3 is 29.7 Å². The molecule has 0 aliphatic rings. The molecule has 0 spiro atoms. The first-order valence-electron chi connectivity index (χ1n) is 19.4. The lowest BCUT2D eigenvalue weighted by atomic mass is 10.0. The van der Waals surface area contributed by atoms with Crippen molar-refractivity contribution in [2.75, 3.05) is 26.4 Å². The molecule has 0 aliphatic carbocycles.